The van der Waals surface area contributed by atoms with Crippen molar-refractivity contribution in [2.45, 2.75) is 123 Å². The maximum Gasteiger partial charge on any atom is 0.415 e. The zero-order valence-electron chi connectivity index (χ0n) is 28.4. The lowest BCUT2D eigenvalue weighted by atomic mass is 9.55. The number of thiol groups is 1. The first-order valence-electron chi connectivity index (χ1n) is 17.1. The van der Waals surface area contributed by atoms with E-state index in [1.165, 1.54) is 56.1 Å². The van der Waals surface area contributed by atoms with Gasteiger partial charge in [-0.3, -0.25) is 0 Å². The fourth-order valence-electron chi connectivity index (χ4n) is 7.29. The number of carbonyl (C=O) groups excluding carboxylic acids is 1. The monoisotopic (exact) mass is 670 g/mol. The summed E-state index contributed by atoms with van der Waals surface area (Å²) in [6, 6.07) is 6.71. The summed E-state index contributed by atoms with van der Waals surface area (Å²) in [5.74, 6) is -5.53. The predicted molar refractivity (Wildman–Crippen MR) is 181 cm³/mol. The molecule has 2 N–H and O–H groups in total. The molecule has 1 aromatic rings. The average Bonchev–Trinajstić information content (AvgIpc) is 3.34. The summed E-state index contributed by atoms with van der Waals surface area (Å²) >= 11 is 3.61. The lowest BCUT2D eigenvalue weighted by molar-refractivity contribution is -0.161. The smallest absolute Gasteiger partial charge is 0.410 e. The molecule has 3 fully saturated rings. The van der Waals surface area contributed by atoms with Gasteiger partial charge in [0.2, 0.25) is 0 Å². The zero-order chi connectivity index (χ0) is 34.3. The van der Waals surface area contributed by atoms with Gasteiger partial charge in [0.1, 0.15) is 5.75 Å². The average molecular weight is 671 g/mol. The van der Waals surface area contributed by atoms with Gasteiger partial charge in [0, 0.05) is 25.6 Å². The molecule has 0 bridgehead atoms. The molecule has 1 aliphatic heterocycles. The molecule has 0 aromatic heterocycles. The van der Waals surface area contributed by atoms with Crippen molar-refractivity contribution in [2.24, 2.45) is 28.4 Å². The van der Waals surface area contributed by atoms with E-state index in [0.29, 0.717) is 54.8 Å². The molecule has 46 heavy (non-hydrogen) atoms. The van der Waals surface area contributed by atoms with Crippen LogP contribution in [-0.2, 0) is 11.2 Å². The molecule has 11 heteroatoms. The Balaban J connectivity index is 0.000000266. The minimum absolute atomic E-state index is 0.0805. The molecule has 5 unspecified atom stereocenters. The second kappa shape index (κ2) is 16.3. The van der Waals surface area contributed by atoms with Crippen molar-refractivity contribution in [3.63, 3.8) is 0 Å². The van der Waals surface area contributed by atoms with Crippen molar-refractivity contribution in [1.82, 2.24) is 4.90 Å². The summed E-state index contributed by atoms with van der Waals surface area (Å²) in [6.45, 7) is 13.9. The van der Waals surface area contributed by atoms with Crippen molar-refractivity contribution in [3.05, 3.63) is 29.3 Å². The van der Waals surface area contributed by atoms with Crippen LogP contribution >= 0.6 is 12.6 Å². The van der Waals surface area contributed by atoms with Crippen LogP contribution in [0.25, 0.3) is 0 Å². The highest BCUT2D eigenvalue weighted by Gasteiger charge is 2.53. The number of aryl methyl sites for hydroxylation is 1. The van der Waals surface area contributed by atoms with Crippen LogP contribution in [0.1, 0.15) is 109 Å². The first-order chi connectivity index (χ1) is 21.5. The van der Waals surface area contributed by atoms with Crippen LogP contribution in [0.15, 0.2) is 18.2 Å². The van der Waals surface area contributed by atoms with Gasteiger partial charge in [0.15, 0.2) is 7.85 Å². The van der Waals surface area contributed by atoms with Crippen LogP contribution in [-0.4, -0.2) is 68.7 Å². The molecule has 5 rings (SSSR count). The maximum atomic E-state index is 12.4. The van der Waals surface area contributed by atoms with Crippen molar-refractivity contribution >= 4 is 26.6 Å². The molecule has 1 heterocycles. The van der Waals surface area contributed by atoms with E-state index >= 15 is 0 Å². The highest BCUT2D eigenvalue weighted by atomic mass is 32.1. The minimum atomic E-state index is -4.42. The van der Waals surface area contributed by atoms with Crippen LogP contribution in [0, 0.1) is 22.7 Å². The van der Waals surface area contributed by atoms with E-state index in [1.54, 1.807) is 4.90 Å². The van der Waals surface area contributed by atoms with Crippen LogP contribution < -0.4 is 10.5 Å². The van der Waals surface area contributed by atoms with Gasteiger partial charge in [-0.25, -0.2) is 22.4 Å². The SMILES string of the molecule is CC12CCC3c4ccc(OC(=O)N5CCOCC5)cc4CCC3C1CCC2N.CCC(C)(C)CC.[B]C(F)(F)C(F)(F)CCCS. The Hall–Kier alpha value is -1.46. The second-order valence-electron chi connectivity index (χ2n) is 14.5. The number of hydrogen-bond acceptors (Lipinski definition) is 5. The van der Waals surface area contributed by atoms with Crippen LogP contribution in [0.2, 0.25) is 0 Å². The Kier molecular flexibility index (Phi) is 13.8. The fourth-order valence-corrected chi connectivity index (χ4v) is 7.45. The molecule has 5 atom stereocenters. The lowest BCUT2D eigenvalue weighted by Gasteiger charge is -2.50. The molecule has 2 saturated carbocycles. The summed E-state index contributed by atoms with van der Waals surface area (Å²) in [7, 11) is 3.95. The van der Waals surface area contributed by atoms with Crippen LogP contribution in [0.5, 0.6) is 5.75 Å². The second-order valence-corrected chi connectivity index (χ2v) is 14.9. The van der Waals surface area contributed by atoms with Gasteiger partial charge in [-0.1, -0.05) is 53.5 Å². The van der Waals surface area contributed by atoms with E-state index in [1.807, 2.05) is 6.07 Å². The van der Waals surface area contributed by atoms with Crippen molar-refractivity contribution in [1.29, 1.82) is 0 Å². The normalized spacial score (nSPS) is 27.6. The van der Waals surface area contributed by atoms with Crippen molar-refractivity contribution < 1.29 is 31.8 Å². The van der Waals surface area contributed by atoms with Gasteiger partial charge in [-0.15, -0.1) is 0 Å². The van der Waals surface area contributed by atoms with Crippen LogP contribution in [0.3, 0.4) is 0 Å². The summed E-state index contributed by atoms with van der Waals surface area (Å²) in [5.41, 5.74) is 10.3. The maximum absolute atomic E-state index is 12.4. The molecule has 2 radical (unpaired) electrons. The molecule has 5 nitrogen and oxygen atoms in total. The molecule has 4 aliphatic rings. The Labute approximate surface area is 280 Å². The van der Waals surface area contributed by atoms with E-state index in [-0.39, 0.29) is 18.3 Å². The number of nitrogens with two attached hydrogens (primary N) is 1. The number of nitrogens with zero attached hydrogens (tertiary/aromatic N) is 1. The minimum Gasteiger partial charge on any atom is -0.410 e. The molecular formula is C35H55BF4N2O3S. The van der Waals surface area contributed by atoms with Crippen molar-refractivity contribution in [2.75, 3.05) is 32.1 Å². The van der Waals surface area contributed by atoms with Crippen molar-refractivity contribution in [3.8, 4) is 5.75 Å². The lowest BCUT2D eigenvalue weighted by Crippen LogP contribution is -2.46. The number of carbonyl (C=O) groups is 1. The third-order valence-corrected chi connectivity index (χ3v) is 11.6. The number of hydrogen-bond donors (Lipinski definition) is 2. The van der Waals surface area contributed by atoms with Gasteiger partial charge < -0.3 is 20.1 Å². The van der Waals surface area contributed by atoms with E-state index < -0.39 is 18.2 Å². The zero-order valence-corrected chi connectivity index (χ0v) is 29.3. The van der Waals surface area contributed by atoms with E-state index in [9.17, 15) is 22.4 Å². The quantitative estimate of drug-likeness (QED) is 0.173. The molecule has 0 spiro atoms. The standard InChI is InChI=1S/C23H32N2O3.C7H16.C5H7BF4S/c1-23-9-8-18-17-5-3-16(28-22(26)25-10-12-27-13-11-25)14-15(17)2-4-19(18)20(23)6-7-21(23)24;1-5-7(3,4)6-2;6-5(9,10)4(7,8)2-1-3-11/h3,5,14,18-21H,2,4,6-13,24H2,1H3;5-6H2,1-4H3;11H,1-3H2. The number of alkyl halides is 4. The topological polar surface area (TPSA) is 64.8 Å². The number of rotatable bonds is 7. The van der Waals surface area contributed by atoms with Crippen LogP contribution in [0.4, 0.5) is 22.4 Å². The van der Waals surface area contributed by atoms with Gasteiger partial charge in [0.05, 0.1) is 13.2 Å². The third-order valence-electron chi connectivity index (χ3n) is 11.3. The Morgan fingerprint density at radius 3 is 2.33 bits per heavy atom. The molecule has 1 amide bonds. The summed E-state index contributed by atoms with van der Waals surface area (Å²) < 4.78 is 59.1. The summed E-state index contributed by atoms with van der Waals surface area (Å²) in [6.07, 6.45) is 8.61. The fraction of sp³-hybridized carbons (Fsp3) is 0.800. The molecule has 3 aliphatic carbocycles. The molecule has 260 valence electrons. The largest absolute Gasteiger partial charge is 0.415 e. The molecule has 1 saturated heterocycles. The Morgan fingerprint density at radius 1 is 1.11 bits per heavy atom. The highest BCUT2D eigenvalue weighted by Crippen LogP contribution is 2.60. The first kappa shape index (κ1) is 39.0. The predicted octanol–water partition coefficient (Wildman–Crippen LogP) is 8.63. The van der Waals surface area contributed by atoms with Gasteiger partial charge in [-0.2, -0.15) is 12.6 Å². The Bertz CT molecular complexity index is 1130. The molecule has 1 aromatic carbocycles. The summed E-state index contributed by atoms with van der Waals surface area (Å²) in [5, 5.41) is 0. The Morgan fingerprint density at radius 2 is 1.76 bits per heavy atom. The van der Waals surface area contributed by atoms with Gasteiger partial charge in [-0.05, 0) is 103 Å². The third kappa shape index (κ3) is 9.58. The van der Waals surface area contributed by atoms with E-state index in [2.05, 4.69) is 67.2 Å². The number of benzene rings is 1. The molecular weight excluding hydrogens is 615 g/mol. The van der Waals surface area contributed by atoms with E-state index in [4.69, 9.17) is 15.2 Å². The number of fused-ring (bicyclic) bond motifs is 5. The van der Waals surface area contributed by atoms with Gasteiger partial charge >= 0.3 is 6.09 Å². The number of halogens is 4. The number of amides is 1. The first-order valence-corrected chi connectivity index (χ1v) is 17.7. The van der Waals surface area contributed by atoms with E-state index in [0.717, 1.165) is 18.3 Å². The number of ether oxygens (including phenoxy) is 2. The summed E-state index contributed by atoms with van der Waals surface area (Å²) in [4.78, 5) is 14.1. The van der Waals surface area contributed by atoms with Gasteiger partial charge in [0.25, 0.3) is 11.7 Å². The number of morpholine rings is 1. The highest BCUT2D eigenvalue weighted by molar-refractivity contribution is 7.80.